The molecular weight excluding hydrogens is 297 g/mol. The fourth-order valence-corrected chi connectivity index (χ4v) is 3.38. The quantitative estimate of drug-likeness (QED) is 0.781. The minimum absolute atomic E-state index is 0. The van der Waals surface area contributed by atoms with Gasteiger partial charge in [0.05, 0.1) is 6.61 Å². The maximum Gasteiger partial charge on any atom is 0.0504 e. The highest BCUT2D eigenvalue weighted by atomic mass is 35.5. The third kappa shape index (κ3) is 7.46. The maximum atomic E-state index is 8.78. The Morgan fingerprint density at radius 2 is 1.60 bits per heavy atom. The van der Waals surface area contributed by atoms with Gasteiger partial charge >= 0.3 is 0 Å². The number of methoxy groups -OCH3 is 1. The minimum Gasteiger partial charge on any atom is -0.396 e. The Morgan fingerprint density at radius 3 is 2.05 bits per heavy atom. The standard InChI is InChI=1S/C8H15ClO.C7H15NO.ClH/c1-10-6-7-4-2-3-5-8(7)9;8-7-4-2-1-3-6(7)5-9;/h7-8H,2-6H2,1H3;6-7,9H,1-5,8H2;1H/t7-,8+;6-,7+;/m11./s1. The van der Waals surface area contributed by atoms with E-state index in [2.05, 4.69) is 0 Å². The van der Waals surface area contributed by atoms with E-state index >= 15 is 0 Å². The lowest BCUT2D eigenvalue weighted by atomic mass is 9.86. The second kappa shape index (κ2) is 12.0. The molecule has 20 heavy (non-hydrogen) atoms. The normalized spacial score (nSPS) is 33.6. The molecule has 0 aromatic carbocycles. The lowest BCUT2D eigenvalue weighted by molar-refractivity contribution is 0.133. The summed E-state index contributed by atoms with van der Waals surface area (Å²) in [5.41, 5.74) is 5.73. The van der Waals surface area contributed by atoms with Crippen LogP contribution in [0.1, 0.15) is 51.4 Å². The number of aliphatic hydroxyl groups is 1. The Bertz CT molecular complexity index is 230. The smallest absolute Gasteiger partial charge is 0.0504 e. The molecule has 0 bridgehead atoms. The van der Waals surface area contributed by atoms with Gasteiger partial charge in [-0.1, -0.05) is 25.7 Å². The number of halogens is 2. The van der Waals surface area contributed by atoms with Crippen molar-refractivity contribution < 1.29 is 9.84 Å². The van der Waals surface area contributed by atoms with Crippen molar-refractivity contribution in [3.63, 3.8) is 0 Å². The number of ether oxygens (including phenoxy) is 1. The van der Waals surface area contributed by atoms with Gasteiger partial charge in [-0.15, -0.1) is 24.0 Å². The van der Waals surface area contributed by atoms with E-state index < -0.39 is 0 Å². The van der Waals surface area contributed by atoms with Gasteiger partial charge < -0.3 is 15.6 Å². The van der Waals surface area contributed by atoms with Crippen molar-refractivity contribution in [3.05, 3.63) is 0 Å². The molecule has 2 rings (SSSR count). The van der Waals surface area contributed by atoms with Crippen LogP contribution in [-0.2, 0) is 4.74 Å². The number of alkyl halides is 1. The average Bonchev–Trinajstić information content (AvgIpc) is 2.43. The van der Waals surface area contributed by atoms with Crippen LogP contribution in [0.3, 0.4) is 0 Å². The highest BCUT2D eigenvalue weighted by molar-refractivity contribution is 6.20. The van der Waals surface area contributed by atoms with Gasteiger partial charge in [-0.3, -0.25) is 0 Å². The Kier molecular flexibility index (Phi) is 12.3. The maximum absolute atomic E-state index is 8.78. The minimum atomic E-state index is 0. The van der Waals surface area contributed by atoms with Crippen molar-refractivity contribution in [1.29, 1.82) is 0 Å². The van der Waals surface area contributed by atoms with Gasteiger partial charge in [0.25, 0.3) is 0 Å². The molecule has 2 aliphatic carbocycles. The Morgan fingerprint density at radius 1 is 1.05 bits per heavy atom. The highest BCUT2D eigenvalue weighted by Crippen LogP contribution is 2.28. The van der Waals surface area contributed by atoms with E-state index in [0.717, 1.165) is 19.4 Å². The third-order valence-corrected chi connectivity index (χ3v) is 4.97. The molecule has 5 heteroatoms. The van der Waals surface area contributed by atoms with Crippen LogP contribution >= 0.6 is 24.0 Å². The van der Waals surface area contributed by atoms with Gasteiger partial charge in [0.15, 0.2) is 0 Å². The molecule has 0 unspecified atom stereocenters. The third-order valence-electron chi connectivity index (χ3n) is 4.40. The zero-order valence-electron chi connectivity index (χ0n) is 12.6. The molecule has 4 atom stereocenters. The van der Waals surface area contributed by atoms with Gasteiger partial charge in [0, 0.05) is 25.1 Å². The Labute approximate surface area is 135 Å². The molecule has 0 saturated heterocycles. The summed E-state index contributed by atoms with van der Waals surface area (Å²) in [6.45, 7) is 1.12. The molecule has 3 nitrogen and oxygen atoms in total. The van der Waals surface area contributed by atoms with Crippen molar-refractivity contribution >= 4 is 24.0 Å². The molecule has 3 N–H and O–H groups in total. The molecule has 0 spiro atoms. The van der Waals surface area contributed by atoms with E-state index in [1.165, 1.54) is 38.5 Å². The predicted molar refractivity (Wildman–Crippen MR) is 87.7 cm³/mol. The second-order valence-corrected chi connectivity index (χ2v) is 6.47. The molecule has 0 heterocycles. The molecule has 2 aliphatic rings. The van der Waals surface area contributed by atoms with E-state index in [-0.39, 0.29) is 25.1 Å². The van der Waals surface area contributed by atoms with Crippen LogP contribution in [0.4, 0.5) is 0 Å². The number of hydrogen-bond acceptors (Lipinski definition) is 3. The second-order valence-electron chi connectivity index (χ2n) is 5.91. The van der Waals surface area contributed by atoms with E-state index in [9.17, 15) is 0 Å². The van der Waals surface area contributed by atoms with Gasteiger partial charge in [0.2, 0.25) is 0 Å². The molecule has 0 aromatic heterocycles. The van der Waals surface area contributed by atoms with Crippen LogP contribution in [0.5, 0.6) is 0 Å². The van der Waals surface area contributed by atoms with Gasteiger partial charge in [-0.2, -0.15) is 0 Å². The van der Waals surface area contributed by atoms with Crippen molar-refractivity contribution in [2.45, 2.75) is 62.8 Å². The average molecular weight is 328 g/mol. The molecule has 0 radical (unpaired) electrons. The first-order valence-corrected chi connectivity index (χ1v) is 8.12. The van der Waals surface area contributed by atoms with E-state index in [0.29, 0.717) is 17.2 Å². The van der Waals surface area contributed by atoms with Gasteiger partial charge in [-0.25, -0.2) is 0 Å². The predicted octanol–water partition coefficient (Wildman–Crippen LogP) is 3.35. The molecule has 122 valence electrons. The van der Waals surface area contributed by atoms with Crippen LogP contribution in [-0.4, -0.2) is 36.8 Å². The first-order valence-electron chi connectivity index (χ1n) is 7.68. The summed E-state index contributed by atoms with van der Waals surface area (Å²) in [7, 11) is 1.75. The lowest BCUT2D eigenvalue weighted by Crippen LogP contribution is -2.34. The van der Waals surface area contributed by atoms with Crippen LogP contribution < -0.4 is 5.73 Å². The number of nitrogens with two attached hydrogens (primary N) is 1. The largest absolute Gasteiger partial charge is 0.396 e. The molecule has 2 fully saturated rings. The van der Waals surface area contributed by atoms with Crippen molar-refractivity contribution in [3.8, 4) is 0 Å². The van der Waals surface area contributed by atoms with Crippen LogP contribution in [0.25, 0.3) is 0 Å². The zero-order chi connectivity index (χ0) is 14.1. The molecule has 0 aliphatic heterocycles. The first-order chi connectivity index (χ1) is 9.19. The Hall–Kier alpha value is 0.460. The summed E-state index contributed by atoms with van der Waals surface area (Å²) in [5, 5.41) is 9.15. The number of rotatable bonds is 3. The van der Waals surface area contributed by atoms with Crippen LogP contribution in [0.15, 0.2) is 0 Å². The topological polar surface area (TPSA) is 55.5 Å². The zero-order valence-corrected chi connectivity index (χ0v) is 14.2. The monoisotopic (exact) mass is 327 g/mol. The summed E-state index contributed by atoms with van der Waals surface area (Å²) in [6.07, 6.45) is 9.78. The summed E-state index contributed by atoms with van der Waals surface area (Å²) >= 11 is 6.08. The summed E-state index contributed by atoms with van der Waals surface area (Å²) in [5.74, 6) is 0.999. The van der Waals surface area contributed by atoms with Crippen molar-refractivity contribution in [2.75, 3.05) is 20.3 Å². The van der Waals surface area contributed by atoms with E-state index in [1.807, 2.05) is 0 Å². The molecule has 2 saturated carbocycles. The van der Waals surface area contributed by atoms with Gasteiger partial charge in [-0.05, 0) is 37.5 Å². The number of hydrogen-bond donors (Lipinski definition) is 2. The Balaban J connectivity index is 0.000000345. The van der Waals surface area contributed by atoms with E-state index in [1.54, 1.807) is 7.11 Å². The van der Waals surface area contributed by atoms with Crippen LogP contribution in [0.2, 0.25) is 0 Å². The first kappa shape index (κ1) is 20.5. The molecule has 0 amide bonds. The molecule has 0 aromatic rings. The fraction of sp³-hybridized carbons (Fsp3) is 1.00. The van der Waals surface area contributed by atoms with Gasteiger partial charge in [0.1, 0.15) is 0 Å². The summed E-state index contributed by atoms with van der Waals surface area (Å²) in [6, 6.07) is 0.267. The van der Waals surface area contributed by atoms with Crippen molar-refractivity contribution in [1.82, 2.24) is 0 Å². The highest BCUT2D eigenvalue weighted by Gasteiger charge is 2.22. The van der Waals surface area contributed by atoms with E-state index in [4.69, 9.17) is 27.2 Å². The number of aliphatic hydroxyl groups excluding tert-OH is 1. The van der Waals surface area contributed by atoms with Crippen LogP contribution in [0, 0.1) is 11.8 Å². The van der Waals surface area contributed by atoms with Crippen molar-refractivity contribution in [2.24, 2.45) is 17.6 Å². The SMILES string of the molecule is COC[C@H]1CCCC[C@@H]1Cl.Cl.N[C@H]1CCCC[C@@H]1CO. The fourth-order valence-electron chi connectivity index (χ4n) is 3.03. The summed E-state index contributed by atoms with van der Waals surface area (Å²) in [4.78, 5) is 0. The molecular formula is C15H31Cl2NO2. The summed E-state index contributed by atoms with van der Waals surface area (Å²) < 4.78 is 5.07. The lowest BCUT2D eigenvalue weighted by Gasteiger charge is -2.26.